The van der Waals surface area contributed by atoms with Gasteiger partial charge in [0.25, 0.3) is 0 Å². The number of benzene rings is 1. The topological polar surface area (TPSA) is 26.3 Å². The minimum absolute atomic E-state index is 0.196. The predicted molar refractivity (Wildman–Crippen MR) is 77.4 cm³/mol. The van der Waals surface area contributed by atoms with Gasteiger partial charge < -0.3 is 4.74 Å². The van der Waals surface area contributed by atoms with Crippen molar-refractivity contribution in [2.75, 3.05) is 0 Å². The van der Waals surface area contributed by atoms with Crippen LogP contribution in [0.15, 0.2) is 12.1 Å². The summed E-state index contributed by atoms with van der Waals surface area (Å²) in [6, 6.07) is 3.33. The molecule has 0 radical (unpaired) electrons. The fourth-order valence-corrected chi connectivity index (χ4v) is 3.76. The molecule has 0 saturated heterocycles. The first-order valence-electron chi connectivity index (χ1n) is 5.18. The average Bonchev–Trinajstić information content (AvgIpc) is 2.54. The molecule has 0 aliphatic carbocycles. The minimum atomic E-state index is -0.441. The van der Waals surface area contributed by atoms with E-state index < -0.39 is 5.97 Å². The van der Waals surface area contributed by atoms with Crippen LogP contribution in [-0.2, 0) is 4.74 Å². The van der Waals surface area contributed by atoms with E-state index in [1.807, 2.05) is 0 Å². The second-order valence-electron chi connectivity index (χ2n) is 3.96. The summed E-state index contributed by atoms with van der Waals surface area (Å²) < 4.78 is 5.90. The molecule has 0 N–H and O–H groups in total. The molecule has 0 aliphatic rings. The number of thiophene rings is 1. The van der Waals surface area contributed by atoms with Gasteiger partial charge >= 0.3 is 5.97 Å². The largest absolute Gasteiger partial charge is 0.459 e. The summed E-state index contributed by atoms with van der Waals surface area (Å²) in [5.41, 5.74) is 0. The summed E-state index contributed by atoms with van der Waals surface area (Å²) >= 11 is 19.4. The Kier molecular flexibility index (Phi) is 4.07. The van der Waals surface area contributed by atoms with Gasteiger partial charge in [-0.15, -0.1) is 11.3 Å². The van der Waals surface area contributed by atoms with Gasteiger partial charge in [-0.1, -0.05) is 34.8 Å². The van der Waals surface area contributed by atoms with Crippen molar-refractivity contribution >= 4 is 62.2 Å². The van der Waals surface area contributed by atoms with Gasteiger partial charge in [-0.2, -0.15) is 0 Å². The maximum absolute atomic E-state index is 11.9. The molecule has 0 unspecified atom stereocenters. The summed E-state index contributed by atoms with van der Waals surface area (Å²) in [6.45, 7) is 3.56. The lowest BCUT2D eigenvalue weighted by Crippen LogP contribution is -2.10. The molecule has 96 valence electrons. The lowest BCUT2D eigenvalue weighted by molar-refractivity contribution is 0.0384. The van der Waals surface area contributed by atoms with Gasteiger partial charge in [-0.3, -0.25) is 0 Å². The molecule has 0 bridgehead atoms. The fraction of sp³-hybridized carbons (Fsp3) is 0.250. The first kappa shape index (κ1) is 13.9. The zero-order valence-corrected chi connectivity index (χ0v) is 12.7. The molecule has 2 aromatic rings. The van der Waals surface area contributed by atoms with Crippen molar-refractivity contribution in [3.8, 4) is 0 Å². The molecular formula is C12H9Cl3O2S. The van der Waals surface area contributed by atoms with Crippen molar-refractivity contribution in [3.05, 3.63) is 32.1 Å². The monoisotopic (exact) mass is 322 g/mol. The van der Waals surface area contributed by atoms with E-state index in [0.29, 0.717) is 25.3 Å². The van der Waals surface area contributed by atoms with E-state index in [2.05, 4.69) is 0 Å². The van der Waals surface area contributed by atoms with Crippen molar-refractivity contribution in [1.82, 2.24) is 0 Å². The van der Waals surface area contributed by atoms with Crippen LogP contribution in [0.2, 0.25) is 15.1 Å². The smallest absolute Gasteiger partial charge is 0.350 e. The molecule has 0 spiro atoms. The standard InChI is InChI=1S/C12H9Cl3O2S/c1-5(2)17-12(16)11-10(15)9-7(14)3-6(13)4-8(9)18-11/h3-5H,1-2H3. The quantitative estimate of drug-likeness (QED) is 0.689. The molecule has 1 heterocycles. The first-order valence-corrected chi connectivity index (χ1v) is 7.13. The van der Waals surface area contributed by atoms with Crippen LogP contribution in [0.3, 0.4) is 0 Å². The van der Waals surface area contributed by atoms with Crippen LogP contribution < -0.4 is 0 Å². The van der Waals surface area contributed by atoms with Crippen molar-refractivity contribution in [2.24, 2.45) is 0 Å². The van der Waals surface area contributed by atoms with Crippen LogP contribution in [0.5, 0.6) is 0 Å². The fourth-order valence-electron chi connectivity index (χ4n) is 1.51. The Morgan fingerprint density at radius 3 is 2.56 bits per heavy atom. The summed E-state index contributed by atoms with van der Waals surface area (Å²) in [7, 11) is 0. The van der Waals surface area contributed by atoms with Gasteiger partial charge in [-0.05, 0) is 26.0 Å². The molecule has 1 aromatic heterocycles. The third kappa shape index (κ3) is 2.59. The molecule has 1 aromatic carbocycles. The third-order valence-electron chi connectivity index (χ3n) is 2.18. The number of fused-ring (bicyclic) bond motifs is 1. The Morgan fingerprint density at radius 1 is 1.28 bits per heavy atom. The van der Waals surface area contributed by atoms with Crippen LogP contribution in [0.4, 0.5) is 0 Å². The molecule has 18 heavy (non-hydrogen) atoms. The first-order chi connectivity index (χ1) is 8.40. The predicted octanol–water partition coefficient (Wildman–Crippen LogP) is 5.43. The van der Waals surface area contributed by atoms with Crippen LogP contribution in [-0.4, -0.2) is 12.1 Å². The van der Waals surface area contributed by atoms with Crippen molar-refractivity contribution in [1.29, 1.82) is 0 Å². The molecule has 0 amide bonds. The number of halogens is 3. The van der Waals surface area contributed by atoms with Crippen LogP contribution in [0, 0.1) is 0 Å². The van der Waals surface area contributed by atoms with E-state index >= 15 is 0 Å². The lowest BCUT2D eigenvalue weighted by atomic mass is 10.2. The number of esters is 1. The van der Waals surface area contributed by atoms with Crippen LogP contribution >= 0.6 is 46.1 Å². The van der Waals surface area contributed by atoms with E-state index in [9.17, 15) is 4.79 Å². The highest BCUT2D eigenvalue weighted by Gasteiger charge is 2.21. The van der Waals surface area contributed by atoms with Crippen molar-refractivity contribution in [3.63, 3.8) is 0 Å². The SMILES string of the molecule is CC(C)OC(=O)c1sc2cc(Cl)cc(Cl)c2c1Cl. The number of hydrogen-bond donors (Lipinski definition) is 0. The highest BCUT2D eigenvalue weighted by molar-refractivity contribution is 7.21. The molecule has 2 nitrogen and oxygen atoms in total. The summed E-state index contributed by atoms with van der Waals surface area (Å²) in [5, 5.41) is 1.90. The van der Waals surface area contributed by atoms with Crippen LogP contribution in [0.1, 0.15) is 23.5 Å². The second-order valence-corrected chi connectivity index (χ2v) is 6.23. The average molecular weight is 324 g/mol. The molecule has 0 fully saturated rings. The van der Waals surface area contributed by atoms with E-state index in [1.54, 1.807) is 26.0 Å². The number of carbonyl (C=O) groups is 1. The Bertz CT molecular complexity index is 619. The van der Waals surface area contributed by atoms with Crippen molar-refractivity contribution in [2.45, 2.75) is 20.0 Å². The molecule has 0 aliphatic heterocycles. The number of hydrogen-bond acceptors (Lipinski definition) is 3. The highest BCUT2D eigenvalue weighted by Crippen LogP contribution is 2.41. The zero-order valence-electron chi connectivity index (χ0n) is 9.59. The van der Waals surface area contributed by atoms with Crippen molar-refractivity contribution < 1.29 is 9.53 Å². The number of rotatable bonds is 2. The Morgan fingerprint density at radius 2 is 1.94 bits per heavy atom. The van der Waals surface area contributed by atoms with Crippen LogP contribution in [0.25, 0.3) is 10.1 Å². The van der Waals surface area contributed by atoms with Gasteiger partial charge in [0.05, 0.1) is 16.1 Å². The summed E-state index contributed by atoms with van der Waals surface area (Å²) in [4.78, 5) is 12.2. The third-order valence-corrected chi connectivity index (χ3v) is 4.30. The van der Waals surface area contributed by atoms with E-state index in [0.717, 1.165) is 4.70 Å². The summed E-state index contributed by atoms with van der Waals surface area (Å²) in [5.74, 6) is -0.441. The maximum atomic E-state index is 11.9. The highest BCUT2D eigenvalue weighted by atomic mass is 35.5. The summed E-state index contributed by atoms with van der Waals surface area (Å²) in [6.07, 6.45) is -0.196. The maximum Gasteiger partial charge on any atom is 0.350 e. The minimum Gasteiger partial charge on any atom is -0.459 e. The number of ether oxygens (including phenoxy) is 1. The number of carbonyl (C=O) groups excluding carboxylic acids is 1. The van der Waals surface area contributed by atoms with Gasteiger partial charge in [0.1, 0.15) is 4.88 Å². The molecule has 2 rings (SSSR count). The van der Waals surface area contributed by atoms with Gasteiger partial charge in [0.15, 0.2) is 0 Å². The van der Waals surface area contributed by atoms with Gasteiger partial charge in [0, 0.05) is 15.1 Å². The van der Waals surface area contributed by atoms with E-state index in [-0.39, 0.29) is 6.10 Å². The second kappa shape index (κ2) is 5.25. The molecule has 0 atom stereocenters. The lowest BCUT2D eigenvalue weighted by Gasteiger charge is -2.06. The van der Waals surface area contributed by atoms with E-state index in [4.69, 9.17) is 39.5 Å². The zero-order chi connectivity index (χ0) is 13.4. The van der Waals surface area contributed by atoms with Gasteiger partial charge in [-0.25, -0.2) is 4.79 Å². The van der Waals surface area contributed by atoms with E-state index in [1.165, 1.54) is 11.3 Å². The Balaban J connectivity index is 2.57. The van der Waals surface area contributed by atoms with Gasteiger partial charge in [0.2, 0.25) is 0 Å². The normalized spacial score (nSPS) is 11.2. The molecule has 0 saturated carbocycles. The molecular weight excluding hydrogens is 315 g/mol. The Labute approximate surface area is 123 Å². The molecule has 6 heteroatoms. The Hall–Kier alpha value is -0.480.